The van der Waals surface area contributed by atoms with Gasteiger partial charge in [-0.15, -0.1) is 10.2 Å². The fourth-order valence-electron chi connectivity index (χ4n) is 3.51. The van der Waals surface area contributed by atoms with Crippen LogP contribution in [-0.4, -0.2) is 31.5 Å². The molecule has 1 heterocycles. The summed E-state index contributed by atoms with van der Waals surface area (Å²) in [7, 11) is 0. The summed E-state index contributed by atoms with van der Waals surface area (Å²) in [5.41, 5.74) is 2.75. The Morgan fingerprint density at radius 2 is 1.82 bits per heavy atom. The molecule has 33 heavy (non-hydrogen) atoms. The molecular weight excluding hydrogens is 420 g/mol. The largest absolute Gasteiger partial charge is 0.507 e. The van der Waals surface area contributed by atoms with Crippen LogP contribution < -0.4 is 9.47 Å². The van der Waals surface area contributed by atoms with E-state index in [1.807, 2.05) is 61.5 Å². The van der Waals surface area contributed by atoms with Crippen LogP contribution in [0.15, 0.2) is 60.7 Å². The van der Waals surface area contributed by atoms with Crippen LogP contribution in [0.25, 0.3) is 11.4 Å². The van der Waals surface area contributed by atoms with E-state index in [1.54, 1.807) is 6.07 Å². The van der Waals surface area contributed by atoms with Crippen molar-refractivity contribution in [2.75, 3.05) is 0 Å². The molecule has 4 aromatic rings. The van der Waals surface area contributed by atoms with Crippen molar-refractivity contribution in [3.05, 3.63) is 77.4 Å². The molecule has 3 aromatic carbocycles. The lowest BCUT2D eigenvalue weighted by Crippen LogP contribution is -2.04. The Labute approximate surface area is 191 Å². The number of carbonyl (C=O) groups is 1. The summed E-state index contributed by atoms with van der Waals surface area (Å²) in [6.07, 6.45) is 1.52. The molecule has 0 amide bonds. The first-order valence-corrected chi connectivity index (χ1v) is 10.6. The number of aromatic hydroxyl groups is 1. The van der Waals surface area contributed by atoms with Crippen molar-refractivity contribution in [1.29, 1.82) is 0 Å². The molecular formula is C25H24N4O4. The molecule has 1 aromatic heterocycles. The zero-order chi connectivity index (χ0) is 23.2. The van der Waals surface area contributed by atoms with Crippen LogP contribution in [0.3, 0.4) is 0 Å². The van der Waals surface area contributed by atoms with E-state index in [2.05, 4.69) is 20.6 Å². The molecule has 0 spiro atoms. The van der Waals surface area contributed by atoms with E-state index in [1.165, 1.54) is 6.92 Å². The van der Waals surface area contributed by atoms with E-state index in [0.717, 1.165) is 23.1 Å². The van der Waals surface area contributed by atoms with Gasteiger partial charge in [0.25, 0.3) is 0 Å². The highest BCUT2D eigenvalue weighted by atomic mass is 16.5. The third-order valence-corrected chi connectivity index (χ3v) is 5.15. The van der Waals surface area contributed by atoms with Crippen LogP contribution in [0, 0.1) is 0 Å². The van der Waals surface area contributed by atoms with Crippen LogP contribution in [-0.2, 0) is 13.0 Å². The van der Waals surface area contributed by atoms with Crippen LogP contribution >= 0.6 is 0 Å². The minimum atomic E-state index is -0.157. The molecule has 0 aliphatic heterocycles. The number of hydrogen-bond donors (Lipinski definition) is 2. The maximum absolute atomic E-state index is 11.7. The van der Waals surface area contributed by atoms with E-state index < -0.39 is 0 Å². The number of phenols is 1. The highest BCUT2D eigenvalue weighted by Crippen LogP contribution is 2.30. The van der Waals surface area contributed by atoms with Gasteiger partial charge in [-0.05, 0) is 66.6 Å². The van der Waals surface area contributed by atoms with Gasteiger partial charge in [0.1, 0.15) is 29.6 Å². The average molecular weight is 444 g/mol. The number of ketones is 1. The van der Waals surface area contributed by atoms with Crippen LogP contribution in [0.5, 0.6) is 23.0 Å². The third-order valence-electron chi connectivity index (χ3n) is 5.15. The number of nitrogens with zero attached hydrogens (tertiary/aromatic N) is 3. The van der Waals surface area contributed by atoms with Gasteiger partial charge in [0, 0.05) is 11.1 Å². The fraction of sp³-hybridized carbons (Fsp3) is 0.200. The van der Waals surface area contributed by atoms with E-state index in [-0.39, 0.29) is 18.1 Å². The Bertz CT molecular complexity index is 1240. The number of phenolic OH excluding ortho intramolecular Hbond substituents is 1. The monoisotopic (exact) mass is 444 g/mol. The summed E-state index contributed by atoms with van der Waals surface area (Å²) in [6, 6.07) is 18.2. The molecule has 4 rings (SSSR count). The summed E-state index contributed by atoms with van der Waals surface area (Å²) in [6.45, 7) is 3.77. The molecule has 0 aliphatic rings. The lowest BCUT2D eigenvalue weighted by molar-refractivity contribution is 0.101. The number of aromatic amines is 1. The quantitative estimate of drug-likeness (QED) is 0.346. The first kappa shape index (κ1) is 22.0. The number of nitrogens with one attached hydrogen (secondary N) is 1. The predicted octanol–water partition coefficient (Wildman–Crippen LogP) is 5.10. The molecule has 2 N–H and O–H groups in total. The second-order valence-corrected chi connectivity index (χ2v) is 7.53. The second kappa shape index (κ2) is 9.95. The highest BCUT2D eigenvalue weighted by Gasteiger charge is 2.15. The van der Waals surface area contributed by atoms with Gasteiger partial charge in [-0.25, -0.2) is 0 Å². The first-order valence-electron chi connectivity index (χ1n) is 10.6. The Balaban J connectivity index is 1.43. The number of H-pyrrole nitrogens is 1. The van der Waals surface area contributed by atoms with Gasteiger partial charge < -0.3 is 14.6 Å². The Morgan fingerprint density at radius 1 is 1.03 bits per heavy atom. The lowest BCUT2D eigenvalue weighted by Gasteiger charge is -2.15. The highest BCUT2D eigenvalue weighted by molar-refractivity contribution is 5.97. The molecule has 0 fully saturated rings. The summed E-state index contributed by atoms with van der Waals surface area (Å²) in [5, 5.41) is 24.5. The van der Waals surface area contributed by atoms with Crippen molar-refractivity contribution >= 4 is 5.78 Å². The summed E-state index contributed by atoms with van der Waals surface area (Å²) < 4.78 is 11.9. The molecule has 8 nitrogen and oxygen atoms in total. The zero-order valence-electron chi connectivity index (χ0n) is 18.4. The average Bonchev–Trinajstić information content (AvgIpc) is 3.36. The number of rotatable bonds is 9. The molecule has 168 valence electrons. The number of carbonyl (C=O) groups excluding carboxylic acids is 1. The van der Waals surface area contributed by atoms with Crippen molar-refractivity contribution in [3.63, 3.8) is 0 Å². The van der Waals surface area contributed by atoms with Gasteiger partial charge >= 0.3 is 0 Å². The number of Topliss-reactive ketones (excluding diaryl/α,β-unsaturated/α-hetero) is 1. The fourth-order valence-corrected chi connectivity index (χ4v) is 3.51. The van der Waals surface area contributed by atoms with E-state index in [0.29, 0.717) is 35.1 Å². The van der Waals surface area contributed by atoms with Gasteiger partial charge in [0.2, 0.25) is 5.82 Å². The molecule has 0 aliphatic carbocycles. The van der Waals surface area contributed by atoms with Gasteiger partial charge in [-0.3, -0.25) is 4.79 Å². The van der Waals surface area contributed by atoms with Gasteiger partial charge in [-0.1, -0.05) is 31.5 Å². The molecule has 0 saturated carbocycles. The number of hydrogen-bond acceptors (Lipinski definition) is 7. The van der Waals surface area contributed by atoms with Crippen molar-refractivity contribution in [3.8, 4) is 34.4 Å². The van der Waals surface area contributed by atoms with Crippen molar-refractivity contribution < 1.29 is 19.4 Å². The smallest absolute Gasteiger partial charge is 0.204 e. The van der Waals surface area contributed by atoms with Crippen molar-refractivity contribution in [2.45, 2.75) is 33.3 Å². The normalized spacial score (nSPS) is 10.7. The van der Waals surface area contributed by atoms with Crippen LogP contribution in [0.4, 0.5) is 0 Å². The molecule has 0 atom stereocenters. The molecule has 8 heteroatoms. The Morgan fingerprint density at radius 3 is 2.52 bits per heavy atom. The number of ether oxygens (including phenoxy) is 2. The summed E-state index contributed by atoms with van der Waals surface area (Å²) >= 11 is 0. The number of benzene rings is 3. The predicted molar refractivity (Wildman–Crippen MR) is 123 cm³/mol. The van der Waals surface area contributed by atoms with Crippen LogP contribution in [0.1, 0.15) is 41.8 Å². The zero-order valence-corrected chi connectivity index (χ0v) is 18.4. The summed E-state index contributed by atoms with van der Waals surface area (Å²) in [4.78, 5) is 11.7. The topological polar surface area (TPSA) is 110 Å². The third kappa shape index (κ3) is 5.17. The number of aromatic nitrogens is 4. The number of tetrazole rings is 1. The molecule has 0 radical (unpaired) electrons. The Hall–Kier alpha value is -4.20. The van der Waals surface area contributed by atoms with Crippen molar-refractivity contribution in [1.82, 2.24) is 20.6 Å². The second-order valence-electron chi connectivity index (χ2n) is 7.53. The van der Waals surface area contributed by atoms with E-state index >= 15 is 0 Å². The maximum Gasteiger partial charge on any atom is 0.204 e. The standard InChI is InChI=1S/C25H24N4O4/c1-3-5-23-18(8-13-22(16(2)30)24(23)31)15-32-19-9-11-20(12-10-19)33-21-7-4-6-17(14-21)25-26-28-29-27-25/h4,6-14,31H,3,5,15H2,1-2H3,(H,26,27,28,29). The first-order chi connectivity index (χ1) is 16.0. The lowest BCUT2D eigenvalue weighted by atomic mass is 9.97. The van der Waals surface area contributed by atoms with E-state index in [4.69, 9.17) is 9.47 Å². The Kier molecular flexibility index (Phi) is 6.64. The van der Waals surface area contributed by atoms with Crippen molar-refractivity contribution in [2.24, 2.45) is 0 Å². The van der Waals surface area contributed by atoms with E-state index in [9.17, 15) is 9.90 Å². The van der Waals surface area contributed by atoms with Gasteiger partial charge in [0.15, 0.2) is 5.78 Å². The molecule has 0 bridgehead atoms. The maximum atomic E-state index is 11.7. The summed E-state index contributed by atoms with van der Waals surface area (Å²) in [5.74, 6) is 2.36. The van der Waals surface area contributed by atoms with Gasteiger partial charge in [-0.2, -0.15) is 5.21 Å². The minimum absolute atomic E-state index is 0.0530. The van der Waals surface area contributed by atoms with Gasteiger partial charge in [0.05, 0.1) is 5.56 Å². The molecule has 0 saturated heterocycles. The minimum Gasteiger partial charge on any atom is -0.507 e. The molecule has 0 unspecified atom stereocenters. The SMILES string of the molecule is CCCc1c(COc2ccc(Oc3cccc(-c4nn[nH]n4)c3)cc2)ccc(C(C)=O)c1O. The van der Waals surface area contributed by atoms with Crippen LogP contribution in [0.2, 0.25) is 0 Å².